The number of halogens is 2. The number of thioether (sulfide) groups is 1. The number of alkyl halides is 1. The van der Waals surface area contributed by atoms with E-state index in [9.17, 15) is 0 Å². The summed E-state index contributed by atoms with van der Waals surface area (Å²) in [6.45, 7) is 6.46. The van der Waals surface area contributed by atoms with Crippen molar-refractivity contribution in [3.63, 3.8) is 0 Å². The van der Waals surface area contributed by atoms with Crippen molar-refractivity contribution in [2.45, 2.75) is 45.1 Å². The normalized spacial score (nSPS) is 10.9. The van der Waals surface area contributed by atoms with E-state index in [1.54, 1.807) is 0 Å². The Hall–Kier alpha value is -0.850. The van der Waals surface area contributed by atoms with Crippen LogP contribution in [-0.2, 0) is 6.54 Å². The summed E-state index contributed by atoms with van der Waals surface area (Å²) in [7, 11) is 0. The molecule has 0 atom stereocenters. The highest BCUT2D eigenvalue weighted by Crippen LogP contribution is 2.26. The molecule has 24 heavy (non-hydrogen) atoms. The largest absolute Gasteiger partial charge is 0.363 e. The summed E-state index contributed by atoms with van der Waals surface area (Å²) in [5, 5.41) is 4.93. The summed E-state index contributed by atoms with van der Waals surface area (Å²) in [6.07, 6.45) is 4.28. The lowest BCUT2D eigenvalue weighted by Gasteiger charge is -2.13. The van der Waals surface area contributed by atoms with Crippen LogP contribution in [0.2, 0.25) is 5.02 Å². The molecule has 0 saturated heterocycles. The molecule has 0 aliphatic rings. The lowest BCUT2D eigenvalue weighted by Crippen LogP contribution is -2.08. The number of nitrogens with zero attached hydrogens (tertiary/aromatic N) is 3. The second-order valence-corrected chi connectivity index (χ2v) is 7.81. The molecule has 0 radical (unpaired) electrons. The van der Waals surface area contributed by atoms with Gasteiger partial charge in [-0.3, -0.25) is 4.98 Å². The Balaban J connectivity index is 2.05. The van der Waals surface area contributed by atoms with Crippen LogP contribution in [0.1, 0.15) is 35.6 Å². The second-order valence-electron chi connectivity index (χ2n) is 5.50. The van der Waals surface area contributed by atoms with E-state index in [1.807, 2.05) is 31.8 Å². The first-order chi connectivity index (χ1) is 11.5. The quantitative estimate of drug-likeness (QED) is 0.349. The van der Waals surface area contributed by atoms with E-state index in [0.717, 1.165) is 22.5 Å². The highest BCUT2D eigenvalue weighted by Gasteiger charge is 2.10. The summed E-state index contributed by atoms with van der Waals surface area (Å²) in [5.41, 5.74) is 3.02. The van der Waals surface area contributed by atoms with Crippen molar-refractivity contribution in [1.29, 1.82) is 0 Å². The maximum atomic E-state index is 6.28. The number of rotatable bonds is 8. The average molecular weight is 430 g/mol. The van der Waals surface area contributed by atoms with Gasteiger partial charge in [-0.05, 0) is 51.0 Å². The Morgan fingerprint density at radius 3 is 2.75 bits per heavy atom. The molecule has 0 aliphatic heterocycles. The third-order valence-corrected chi connectivity index (χ3v) is 5.86. The van der Waals surface area contributed by atoms with Gasteiger partial charge in [-0.15, -0.1) is 11.8 Å². The molecule has 2 aromatic heterocycles. The number of nitrogens with one attached hydrogen (secondary N) is 1. The zero-order chi connectivity index (χ0) is 17.5. The van der Waals surface area contributed by atoms with Crippen LogP contribution < -0.4 is 5.32 Å². The third-order valence-electron chi connectivity index (χ3n) is 3.60. The molecule has 2 rings (SSSR count). The van der Waals surface area contributed by atoms with E-state index in [4.69, 9.17) is 11.6 Å². The monoisotopic (exact) mass is 428 g/mol. The molecule has 4 nitrogen and oxygen atoms in total. The number of anilines is 1. The molecule has 1 N–H and O–H groups in total. The van der Waals surface area contributed by atoms with Crippen LogP contribution >= 0.6 is 39.3 Å². The minimum absolute atomic E-state index is 0.568. The van der Waals surface area contributed by atoms with Crippen LogP contribution in [0.25, 0.3) is 0 Å². The van der Waals surface area contributed by atoms with Gasteiger partial charge >= 0.3 is 0 Å². The second kappa shape index (κ2) is 9.59. The topological polar surface area (TPSA) is 50.7 Å². The molecule has 130 valence electrons. The van der Waals surface area contributed by atoms with Gasteiger partial charge in [-0.2, -0.15) is 0 Å². The first-order valence-electron chi connectivity index (χ1n) is 7.90. The molecular weight excluding hydrogens is 408 g/mol. The predicted molar refractivity (Wildman–Crippen MR) is 107 cm³/mol. The Morgan fingerprint density at radius 2 is 2.00 bits per heavy atom. The maximum Gasteiger partial charge on any atom is 0.149 e. The molecule has 7 heteroatoms. The first-order valence-corrected chi connectivity index (χ1v) is 10.4. The van der Waals surface area contributed by atoms with Crippen LogP contribution in [0.15, 0.2) is 17.2 Å². The Kier molecular flexibility index (Phi) is 7.78. The number of unbranched alkanes of at least 4 members (excludes halogenated alkanes) is 1. The van der Waals surface area contributed by atoms with Crippen molar-refractivity contribution in [3.8, 4) is 0 Å². The molecule has 0 amide bonds. The van der Waals surface area contributed by atoms with Crippen LogP contribution in [0, 0.1) is 20.8 Å². The maximum absolute atomic E-state index is 6.28. The molecule has 0 fully saturated rings. The SMILES string of the molecule is Cc1nc(C)c(Cl)c(NCc2nccc(SCCCCBr)c2C)n1. The summed E-state index contributed by atoms with van der Waals surface area (Å²) < 4.78 is 0. The molecule has 0 aromatic carbocycles. The Bertz CT molecular complexity index is 697. The summed E-state index contributed by atoms with van der Waals surface area (Å²) in [4.78, 5) is 14.4. The Labute approximate surface area is 161 Å². The van der Waals surface area contributed by atoms with Crippen molar-refractivity contribution >= 4 is 45.1 Å². The van der Waals surface area contributed by atoms with E-state index in [0.29, 0.717) is 23.2 Å². The molecule has 0 spiro atoms. The minimum atomic E-state index is 0.568. The lowest BCUT2D eigenvalue weighted by atomic mass is 10.2. The van der Waals surface area contributed by atoms with Gasteiger partial charge in [0.05, 0.1) is 17.9 Å². The molecule has 2 heterocycles. The summed E-state index contributed by atoms with van der Waals surface area (Å²) >= 11 is 11.6. The number of hydrogen-bond donors (Lipinski definition) is 1. The third kappa shape index (κ3) is 5.33. The predicted octanol–water partition coefficient (Wildman–Crippen LogP) is 5.33. The van der Waals surface area contributed by atoms with Crippen molar-refractivity contribution in [1.82, 2.24) is 15.0 Å². The smallest absolute Gasteiger partial charge is 0.149 e. The van der Waals surface area contributed by atoms with Crippen molar-refractivity contribution < 1.29 is 0 Å². The van der Waals surface area contributed by atoms with Crippen LogP contribution in [0.5, 0.6) is 0 Å². The van der Waals surface area contributed by atoms with Crippen LogP contribution in [-0.4, -0.2) is 26.0 Å². The standard InChI is InChI=1S/C17H22BrClN4S/c1-11-14(20-8-6-15(11)24-9-5-4-7-18)10-21-17-16(19)12(2)22-13(3)23-17/h6,8H,4-5,7,9-10H2,1-3H3,(H,21,22,23). The van der Waals surface area contributed by atoms with Gasteiger partial charge in [0.2, 0.25) is 0 Å². The van der Waals surface area contributed by atoms with E-state index in [2.05, 4.69) is 49.2 Å². The fraction of sp³-hybridized carbons (Fsp3) is 0.471. The summed E-state index contributed by atoms with van der Waals surface area (Å²) in [6, 6.07) is 2.09. The van der Waals surface area contributed by atoms with E-state index < -0.39 is 0 Å². The zero-order valence-corrected chi connectivity index (χ0v) is 17.4. The van der Waals surface area contributed by atoms with Crippen LogP contribution in [0.3, 0.4) is 0 Å². The molecule has 0 unspecified atom stereocenters. The van der Waals surface area contributed by atoms with E-state index in [-0.39, 0.29) is 0 Å². The van der Waals surface area contributed by atoms with Gasteiger partial charge in [0.25, 0.3) is 0 Å². The van der Waals surface area contributed by atoms with Gasteiger partial charge in [0.1, 0.15) is 16.7 Å². The summed E-state index contributed by atoms with van der Waals surface area (Å²) in [5.74, 6) is 2.50. The van der Waals surface area contributed by atoms with Gasteiger partial charge in [0.15, 0.2) is 0 Å². The molecule has 0 aliphatic carbocycles. The molecule has 0 bridgehead atoms. The lowest BCUT2D eigenvalue weighted by molar-refractivity contribution is 0.911. The van der Waals surface area contributed by atoms with Gasteiger partial charge in [0, 0.05) is 16.4 Å². The molecular formula is C17H22BrClN4S. The van der Waals surface area contributed by atoms with Crippen molar-refractivity contribution in [3.05, 3.63) is 40.1 Å². The zero-order valence-electron chi connectivity index (χ0n) is 14.2. The first kappa shape index (κ1) is 19.5. The number of pyridine rings is 1. The number of aryl methyl sites for hydroxylation is 2. The molecule has 0 saturated carbocycles. The van der Waals surface area contributed by atoms with Gasteiger partial charge in [-0.1, -0.05) is 27.5 Å². The average Bonchev–Trinajstić information content (AvgIpc) is 2.55. The van der Waals surface area contributed by atoms with E-state index >= 15 is 0 Å². The van der Waals surface area contributed by atoms with Crippen LogP contribution in [0.4, 0.5) is 5.82 Å². The number of hydrogen-bond acceptors (Lipinski definition) is 5. The van der Waals surface area contributed by atoms with Crippen molar-refractivity contribution in [2.75, 3.05) is 16.4 Å². The Morgan fingerprint density at radius 1 is 1.21 bits per heavy atom. The van der Waals surface area contributed by atoms with Gasteiger partial charge < -0.3 is 5.32 Å². The van der Waals surface area contributed by atoms with E-state index in [1.165, 1.54) is 23.3 Å². The fourth-order valence-corrected chi connectivity index (χ4v) is 3.86. The van der Waals surface area contributed by atoms with Gasteiger partial charge in [-0.25, -0.2) is 9.97 Å². The molecule has 2 aromatic rings. The van der Waals surface area contributed by atoms with Crippen molar-refractivity contribution in [2.24, 2.45) is 0 Å². The number of aromatic nitrogens is 3. The highest BCUT2D eigenvalue weighted by molar-refractivity contribution is 9.09. The highest BCUT2D eigenvalue weighted by atomic mass is 79.9. The minimum Gasteiger partial charge on any atom is -0.363 e. The fourth-order valence-electron chi connectivity index (χ4n) is 2.26.